The van der Waals surface area contributed by atoms with Gasteiger partial charge >= 0.3 is 5.97 Å². The number of carbonyl (C=O) groups is 1. The van der Waals surface area contributed by atoms with Gasteiger partial charge in [-0.3, -0.25) is 0 Å². The van der Waals surface area contributed by atoms with Gasteiger partial charge in [0.25, 0.3) is 0 Å². The molecule has 0 aliphatic carbocycles. The lowest BCUT2D eigenvalue weighted by atomic mass is 10.0. The molecule has 0 fully saturated rings. The molecule has 3 rings (SSSR count). The summed E-state index contributed by atoms with van der Waals surface area (Å²) in [5, 5.41) is 10.2. The highest BCUT2D eigenvalue weighted by molar-refractivity contribution is 6.04. The zero-order valence-corrected chi connectivity index (χ0v) is 13.4. The minimum Gasteiger partial charge on any atom is -0.496 e. The molecule has 118 valence electrons. The fraction of sp³-hybridized carbons (Fsp3) is 0.211. The van der Waals surface area contributed by atoms with E-state index in [0.29, 0.717) is 5.56 Å². The van der Waals surface area contributed by atoms with Crippen molar-refractivity contribution in [1.29, 1.82) is 0 Å². The van der Waals surface area contributed by atoms with Gasteiger partial charge in [-0.1, -0.05) is 30.3 Å². The molecule has 4 nitrogen and oxygen atoms in total. The summed E-state index contributed by atoms with van der Waals surface area (Å²) < 4.78 is 7.43. The number of carboxylic acids is 1. The molecule has 0 amide bonds. The number of carboxylic acid groups (broad SMARTS) is 1. The van der Waals surface area contributed by atoms with Gasteiger partial charge in [-0.2, -0.15) is 0 Å². The summed E-state index contributed by atoms with van der Waals surface area (Å²) in [5.74, 6) is -0.104. The molecule has 0 aliphatic heterocycles. The van der Waals surface area contributed by atoms with Crippen molar-refractivity contribution in [3.05, 3.63) is 54.2 Å². The van der Waals surface area contributed by atoms with E-state index in [1.54, 1.807) is 13.3 Å². The van der Waals surface area contributed by atoms with Crippen LogP contribution in [0.25, 0.3) is 22.0 Å². The van der Waals surface area contributed by atoms with Crippen LogP contribution in [0.2, 0.25) is 0 Å². The number of hydrogen-bond acceptors (Lipinski definition) is 2. The van der Waals surface area contributed by atoms with E-state index in [4.69, 9.17) is 4.74 Å². The van der Waals surface area contributed by atoms with Crippen molar-refractivity contribution in [3.63, 3.8) is 0 Å². The molecule has 0 saturated heterocycles. The molecule has 0 unspecified atom stereocenters. The number of benzene rings is 2. The zero-order chi connectivity index (χ0) is 16.6. The minimum atomic E-state index is -0.903. The lowest BCUT2D eigenvalue weighted by Gasteiger charge is -2.12. The van der Waals surface area contributed by atoms with Gasteiger partial charge in [-0.05, 0) is 31.5 Å². The molecule has 3 aromatic rings. The Labute approximate surface area is 134 Å². The highest BCUT2D eigenvalue weighted by atomic mass is 16.5. The Morgan fingerprint density at radius 3 is 2.57 bits per heavy atom. The molecule has 4 heteroatoms. The number of aromatic carboxylic acids is 1. The van der Waals surface area contributed by atoms with E-state index in [9.17, 15) is 9.90 Å². The second kappa shape index (κ2) is 5.80. The number of ether oxygens (including phenoxy) is 1. The van der Waals surface area contributed by atoms with E-state index in [1.807, 2.05) is 60.9 Å². The van der Waals surface area contributed by atoms with E-state index >= 15 is 0 Å². The number of hydrogen-bond donors (Lipinski definition) is 1. The van der Waals surface area contributed by atoms with Gasteiger partial charge in [0.05, 0.1) is 12.7 Å². The van der Waals surface area contributed by atoms with Crippen LogP contribution in [0.3, 0.4) is 0 Å². The van der Waals surface area contributed by atoms with Crippen LogP contribution in [0.4, 0.5) is 0 Å². The van der Waals surface area contributed by atoms with Gasteiger partial charge in [0.15, 0.2) is 0 Å². The molecule has 0 radical (unpaired) electrons. The Morgan fingerprint density at radius 1 is 1.17 bits per heavy atom. The molecule has 0 spiro atoms. The van der Waals surface area contributed by atoms with E-state index in [-0.39, 0.29) is 6.04 Å². The molecule has 1 aromatic heterocycles. The third kappa shape index (κ3) is 2.57. The zero-order valence-electron chi connectivity index (χ0n) is 13.4. The smallest absolute Gasteiger partial charge is 0.337 e. The van der Waals surface area contributed by atoms with E-state index in [0.717, 1.165) is 27.8 Å². The normalized spacial score (nSPS) is 11.1. The summed E-state index contributed by atoms with van der Waals surface area (Å²) in [7, 11) is 1.65. The Kier molecular flexibility index (Phi) is 3.82. The predicted octanol–water partition coefficient (Wildman–Crippen LogP) is 4.60. The molecule has 0 aliphatic rings. The number of nitrogens with zero attached hydrogens (tertiary/aromatic N) is 1. The van der Waals surface area contributed by atoms with Gasteiger partial charge in [0, 0.05) is 28.7 Å². The summed E-state index contributed by atoms with van der Waals surface area (Å²) in [6.45, 7) is 4.09. The van der Waals surface area contributed by atoms with E-state index < -0.39 is 5.97 Å². The predicted molar refractivity (Wildman–Crippen MR) is 91.3 cm³/mol. The molecule has 1 N–H and O–H groups in total. The van der Waals surface area contributed by atoms with Crippen LogP contribution in [0.5, 0.6) is 5.75 Å². The molecule has 0 bridgehead atoms. The second-order valence-electron chi connectivity index (χ2n) is 5.78. The van der Waals surface area contributed by atoms with Crippen LogP contribution in [-0.4, -0.2) is 22.8 Å². The van der Waals surface area contributed by atoms with Gasteiger partial charge in [0.1, 0.15) is 5.75 Å². The maximum absolute atomic E-state index is 11.5. The lowest BCUT2D eigenvalue weighted by molar-refractivity contribution is 0.0698. The molecule has 2 aromatic carbocycles. The molecular formula is C19H19NO3. The number of fused-ring (bicyclic) bond motifs is 1. The molecule has 0 atom stereocenters. The summed E-state index contributed by atoms with van der Waals surface area (Å²) in [6.07, 6.45) is 1.71. The third-order valence-corrected chi connectivity index (χ3v) is 4.04. The minimum absolute atomic E-state index is 0.179. The summed E-state index contributed by atoms with van der Waals surface area (Å²) in [6, 6.07) is 13.8. The maximum Gasteiger partial charge on any atom is 0.337 e. The molecule has 1 heterocycles. The summed E-state index contributed by atoms with van der Waals surface area (Å²) in [5.41, 5.74) is 3.25. The van der Waals surface area contributed by atoms with Crippen LogP contribution >= 0.6 is 0 Å². The van der Waals surface area contributed by atoms with Crippen LogP contribution in [0.15, 0.2) is 48.7 Å². The summed E-state index contributed by atoms with van der Waals surface area (Å²) >= 11 is 0. The van der Waals surface area contributed by atoms with Crippen LogP contribution < -0.4 is 4.74 Å². The highest BCUT2D eigenvalue weighted by Crippen LogP contribution is 2.34. The Hall–Kier alpha value is -2.75. The van der Waals surface area contributed by atoms with Gasteiger partial charge in [0.2, 0.25) is 0 Å². The summed E-state index contributed by atoms with van der Waals surface area (Å²) in [4.78, 5) is 11.5. The van der Waals surface area contributed by atoms with E-state index in [2.05, 4.69) is 0 Å². The standard InChI is InChI=1S/C19H19NO3/c1-12(2)20-11-16(19(21)22)15-9-8-13(10-17(15)20)14-6-4-5-7-18(14)23-3/h4-12H,1-3H3,(H,21,22). The van der Waals surface area contributed by atoms with Crippen molar-refractivity contribution in [2.75, 3.05) is 7.11 Å². The van der Waals surface area contributed by atoms with Crippen molar-refractivity contribution in [2.24, 2.45) is 0 Å². The fourth-order valence-corrected chi connectivity index (χ4v) is 2.90. The monoisotopic (exact) mass is 309 g/mol. The van der Waals surface area contributed by atoms with Crippen molar-refractivity contribution in [3.8, 4) is 16.9 Å². The molecule has 0 saturated carbocycles. The maximum atomic E-state index is 11.5. The number of methoxy groups -OCH3 is 1. The molecular weight excluding hydrogens is 290 g/mol. The van der Waals surface area contributed by atoms with Gasteiger partial charge in [-0.25, -0.2) is 4.79 Å². The first kappa shape index (κ1) is 15.2. The molecule has 23 heavy (non-hydrogen) atoms. The van der Waals surface area contributed by atoms with Gasteiger partial charge in [-0.15, -0.1) is 0 Å². The van der Waals surface area contributed by atoms with Crippen molar-refractivity contribution < 1.29 is 14.6 Å². The van der Waals surface area contributed by atoms with Crippen LogP contribution in [0, 0.1) is 0 Å². The second-order valence-corrected chi connectivity index (χ2v) is 5.78. The average molecular weight is 309 g/mol. The Morgan fingerprint density at radius 2 is 1.91 bits per heavy atom. The topological polar surface area (TPSA) is 51.5 Å². The largest absolute Gasteiger partial charge is 0.496 e. The number of para-hydroxylation sites is 1. The quantitative estimate of drug-likeness (QED) is 0.766. The third-order valence-electron chi connectivity index (χ3n) is 4.04. The Balaban J connectivity index is 2.26. The number of rotatable bonds is 4. The highest BCUT2D eigenvalue weighted by Gasteiger charge is 2.17. The average Bonchev–Trinajstić information content (AvgIpc) is 2.94. The number of aromatic nitrogens is 1. The van der Waals surface area contributed by atoms with Crippen LogP contribution in [0.1, 0.15) is 30.2 Å². The lowest BCUT2D eigenvalue weighted by Crippen LogP contribution is -1.99. The first-order chi connectivity index (χ1) is 11.0. The SMILES string of the molecule is COc1ccccc1-c1ccc2c(C(=O)O)cn(C(C)C)c2c1. The first-order valence-electron chi connectivity index (χ1n) is 7.54. The van der Waals surface area contributed by atoms with Crippen molar-refractivity contribution in [1.82, 2.24) is 4.57 Å². The Bertz CT molecular complexity index is 877. The van der Waals surface area contributed by atoms with Gasteiger partial charge < -0.3 is 14.4 Å². The van der Waals surface area contributed by atoms with Crippen molar-refractivity contribution >= 4 is 16.9 Å². The van der Waals surface area contributed by atoms with Crippen LogP contribution in [-0.2, 0) is 0 Å². The fourth-order valence-electron chi connectivity index (χ4n) is 2.90. The first-order valence-corrected chi connectivity index (χ1v) is 7.54. The van der Waals surface area contributed by atoms with E-state index in [1.165, 1.54) is 0 Å². The van der Waals surface area contributed by atoms with Crippen molar-refractivity contribution in [2.45, 2.75) is 19.9 Å².